The molecule has 0 aliphatic heterocycles. The number of benzene rings is 2. The molecule has 4 nitrogen and oxygen atoms in total. The molecule has 3 aromatic rings. The molecule has 0 bridgehead atoms. The number of nitrogens with zero attached hydrogens (tertiary/aromatic N) is 1. The van der Waals surface area contributed by atoms with E-state index in [1.54, 1.807) is 12.1 Å². The molecule has 0 atom stereocenters. The standard InChI is InChI=1S/C20H19ClN2O2/c21-11-4-5-12-25-18-13-17(14-7-2-1-3-8-14)23-19-15(18)9-6-10-16(19)20(22)24/h1-3,6-10,13H,4-5,11-12H2,(H2,22,24). The number of ether oxygens (including phenoxy) is 1. The normalized spacial score (nSPS) is 10.8. The molecule has 0 saturated carbocycles. The lowest BCUT2D eigenvalue weighted by atomic mass is 10.1. The SMILES string of the molecule is NC(=O)c1cccc2c(OCCCCCl)cc(-c3ccccc3)nc12. The Balaban J connectivity index is 2.11. The quantitative estimate of drug-likeness (QED) is 0.505. The summed E-state index contributed by atoms with van der Waals surface area (Å²) in [6.07, 6.45) is 1.76. The van der Waals surface area contributed by atoms with Crippen LogP contribution in [0.2, 0.25) is 0 Å². The number of hydrogen-bond acceptors (Lipinski definition) is 3. The third-order valence-corrected chi connectivity index (χ3v) is 4.19. The van der Waals surface area contributed by atoms with E-state index in [2.05, 4.69) is 4.98 Å². The molecule has 128 valence electrons. The van der Waals surface area contributed by atoms with Gasteiger partial charge in [-0.25, -0.2) is 4.98 Å². The number of amides is 1. The monoisotopic (exact) mass is 354 g/mol. The van der Waals surface area contributed by atoms with E-state index in [0.717, 1.165) is 29.5 Å². The van der Waals surface area contributed by atoms with Gasteiger partial charge in [-0.3, -0.25) is 4.79 Å². The second kappa shape index (κ2) is 7.99. The van der Waals surface area contributed by atoms with Crippen molar-refractivity contribution in [2.75, 3.05) is 12.5 Å². The number of hydrogen-bond donors (Lipinski definition) is 1. The van der Waals surface area contributed by atoms with Gasteiger partial charge in [-0.05, 0) is 25.0 Å². The summed E-state index contributed by atoms with van der Waals surface area (Å²) in [5.41, 5.74) is 8.17. The summed E-state index contributed by atoms with van der Waals surface area (Å²) in [5.74, 6) is 0.805. The Morgan fingerprint density at radius 2 is 1.88 bits per heavy atom. The zero-order valence-electron chi connectivity index (χ0n) is 13.7. The van der Waals surface area contributed by atoms with Gasteiger partial charge in [0.05, 0.1) is 23.4 Å². The fourth-order valence-corrected chi connectivity index (χ4v) is 2.86. The Kier molecular flexibility index (Phi) is 5.51. The molecule has 1 aromatic heterocycles. The van der Waals surface area contributed by atoms with Gasteiger partial charge >= 0.3 is 0 Å². The minimum atomic E-state index is -0.503. The number of primary amides is 1. The fraction of sp³-hybridized carbons (Fsp3) is 0.200. The molecule has 3 rings (SSSR count). The first kappa shape index (κ1) is 17.2. The number of halogens is 1. The van der Waals surface area contributed by atoms with Gasteiger partial charge in [0, 0.05) is 22.9 Å². The molecule has 0 unspecified atom stereocenters. The van der Waals surface area contributed by atoms with E-state index < -0.39 is 5.91 Å². The number of unbranched alkanes of at least 4 members (excludes halogenated alkanes) is 1. The van der Waals surface area contributed by atoms with Crippen LogP contribution in [0.5, 0.6) is 5.75 Å². The van der Waals surface area contributed by atoms with Crippen LogP contribution >= 0.6 is 11.6 Å². The molecule has 0 saturated heterocycles. The lowest BCUT2D eigenvalue weighted by Crippen LogP contribution is -2.12. The predicted octanol–water partition coefficient (Wildman–Crippen LogP) is 4.40. The topological polar surface area (TPSA) is 65.2 Å². The molecule has 0 aliphatic carbocycles. The molecule has 2 aromatic carbocycles. The molecule has 0 spiro atoms. The van der Waals surface area contributed by atoms with E-state index in [0.29, 0.717) is 29.3 Å². The molecule has 25 heavy (non-hydrogen) atoms. The Morgan fingerprint density at radius 3 is 2.60 bits per heavy atom. The summed E-state index contributed by atoms with van der Waals surface area (Å²) in [5, 5.41) is 0.779. The first-order valence-corrected chi connectivity index (χ1v) is 8.72. The highest BCUT2D eigenvalue weighted by Crippen LogP contribution is 2.31. The molecule has 5 heteroatoms. The maximum atomic E-state index is 11.8. The van der Waals surface area contributed by atoms with Gasteiger partial charge in [-0.1, -0.05) is 36.4 Å². The summed E-state index contributed by atoms with van der Waals surface area (Å²) in [7, 11) is 0. The highest BCUT2D eigenvalue weighted by atomic mass is 35.5. The zero-order valence-corrected chi connectivity index (χ0v) is 14.5. The molecule has 2 N–H and O–H groups in total. The van der Waals surface area contributed by atoms with Crippen LogP contribution in [0, 0.1) is 0 Å². The van der Waals surface area contributed by atoms with Gasteiger partial charge in [0.25, 0.3) is 5.91 Å². The van der Waals surface area contributed by atoms with Crippen LogP contribution in [0.3, 0.4) is 0 Å². The summed E-state index contributed by atoms with van der Waals surface area (Å²) < 4.78 is 5.97. The van der Waals surface area contributed by atoms with Crippen LogP contribution in [-0.4, -0.2) is 23.4 Å². The molecular formula is C20H19ClN2O2. The largest absolute Gasteiger partial charge is 0.493 e. The zero-order chi connectivity index (χ0) is 17.6. The summed E-state index contributed by atoms with van der Waals surface area (Å²) in [4.78, 5) is 16.5. The third kappa shape index (κ3) is 3.91. The Bertz CT molecular complexity index is 882. The summed E-state index contributed by atoms with van der Waals surface area (Å²) in [6.45, 7) is 0.556. The lowest BCUT2D eigenvalue weighted by Gasteiger charge is -2.13. The van der Waals surface area contributed by atoms with Crippen molar-refractivity contribution in [3.05, 3.63) is 60.2 Å². The van der Waals surface area contributed by atoms with Crippen molar-refractivity contribution in [1.29, 1.82) is 0 Å². The number of alkyl halides is 1. The second-order valence-electron chi connectivity index (χ2n) is 5.68. The maximum Gasteiger partial charge on any atom is 0.250 e. The van der Waals surface area contributed by atoms with Crippen LogP contribution in [0.15, 0.2) is 54.6 Å². The summed E-state index contributed by atoms with van der Waals surface area (Å²) >= 11 is 5.72. The highest BCUT2D eigenvalue weighted by Gasteiger charge is 2.14. The van der Waals surface area contributed by atoms with Crippen molar-refractivity contribution in [1.82, 2.24) is 4.98 Å². The number of rotatable bonds is 7. The van der Waals surface area contributed by atoms with Gasteiger partial charge in [0.2, 0.25) is 0 Å². The maximum absolute atomic E-state index is 11.8. The number of para-hydroxylation sites is 1. The van der Waals surface area contributed by atoms with Crippen molar-refractivity contribution in [2.24, 2.45) is 5.73 Å². The van der Waals surface area contributed by atoms with E-state index in [1.165, 1.54) is 0 Å². The van der Waals surface area contributed by atoms with Crippen LogP contribution in [0.4, 0.5) is 0 Å². The number of carbonyl (C=O) groups is 1. The predicted molar refractivity (Wildman–Crippen MR) is 101 cm³/mol. The van der Waals surface area contributed by atoms with Crippen LogP contribution in [0.25, 0.3) is 22.2 Å². The molecule has 0 radical (unpaired) electrons. The van der Waals surface area contributed by atoms with E-state index in [4.69, 9.17) is 22.1 Å². The van der Waals surface area contributed by atoms with Crippen molar-refractivity contribution < 1.29 is 9.53 Å². The summed E-state index contributed by atoms with van der Waals surface area (Å²) in [6, 6.07) is 17.1. The van der Waals surface area contributed by atoms with Crippen molar-refractivity contribution in [3.63, 3.8) is 0 Å². The number of nitrogens with two attached hydrogens (primary N) is 1. The van der Waals surface area contributed by atoms with E-state index in [9.17, 15) is 4.79 Å². The van der Waals surface area contributed by atoms with Gasteiger partial charge in [-0.2, -0.15) is 0 Å². The van der Waals surface area contributed by atoms with Crippen molar-refractivity contribution in [2.45, 2.75) is 12.8 Å². The third-order valence-electron chi connectivity index (χ3n) is 3.92. The first-order valence-electron chi connectivity index (χ1n) is 8.18. The van der Waals surface area contributed by atoms with Gasteiger partial charge in [0.15, 0.2) is 0 Å². The van der Waals surface area contributed by atoms with E-state index in [1.807, 2.05) is 42.5 Å². The molecule has 0 aliphatic rings. The second-order valence-corrected chi connectivity index (χ2v) is 6.06. The van der Waals surface area contributed by atoms with E-state index >= 15 is 0 Å². The molecule has 1 amide bonds. The fourth-order valence-electron chi connectivity index (χ4n) is 2.67. The molecular weight excluding hydrogens is 336 g/mol. The Labute approximate surface area is 151 Å². The Morgan fingerprint density at radius 1 is 1.08 bits per heavy atom. The Hall–Kier alpha value is -2.59. The minimum Gasteiger partial charge on any atom is -0.493 e. The van der Waals surface area contributed by atoms with Gasteiger partial charge < -0.3 is 10.5 Å². The van der Waals surface area contributed by atoms with Crippen LogP contribution in [-0.2, 0) is 0 Å². The van der Waals surface area contributed by atoms with Crippen LogP contribution in [0.1, 0.15) is 23.2 Å². The lowest BCUT2D eigenvalue weighted by molar-refractivity contribution is 0.100. The van der Waals surface area contributed by atoms with Gasteiger partial charge in [-0.15, -0.1) is 11.6 Å². The van der Waals surface area contributed by atoms with Crippen molar-refractivity contribution in [3.8, 4) is 17.0 Å². The number of carbonyl (C=O) groups excluding carboxylic acids is 1. The smallest absolute Gasteiger partial charge is 0.250 e. The average Bonchev–Trinajstić information content (AvgIpc) is 2.65. The number of fused-ring (bicyclic) bond motifs is 1. The number of pyridine rings is 1. The molecule has 0 fully saturated rings. The van der Waals surface area contributed by atoms with Crippen LogP contribution < -0.4 is 10.5 Å². The van der Waals surface area contributed by atoms with Crippen molar-refractivity contribution >= 4 is 28.4 Å². The average molecular weight is 355 g/mol. The highest BCUT2D eigenvalue weighted by molar-refractivity contribution is 6.17. The van der Waals surface area contributed by atoms with E-state index in [-0.39, 0.29) is 0 Å². The first-order chi connectivity index (χ1) is 12.2. The molecule has 1 heterocycles. The number of aromatic nitrogens is 1. The minimum absolute atomic E-state index is 0.390. The van der Waals surface area contributed by atoms with Gasteiger partial charge in [0.1, 0.15) is 5.75 Å².